The molecule has 4 rings (SSSR count). The van der Waals surface area contributed by atoms with E-state index in [1.807, 2.05) is 42.1 Å². The summed E-state index contributed by atoms with van der Waals surface area (Å²) in [5.74, 6) is -2.39. The summed E-state index contributed by atoms with van der Waals surface area (Å²) >= 11 is 0. The van der Waals surface area contributed by atoms with E-state index in [-0.39, 0.29) is 22.7 Å². The van der Waals surface area contributed by atoms with Crippen molar-refractivity contribution in [3.63, 3.8) is 0 Å². The Morgan fingerprint density at radius 1 is 1.03 bits per heavy atom. The molecule has 8 heteroatoms. The number of anilines is 1. The van der Waals surface area contributed by atoms with Gasteiger partial charge in [0.15, 0.2) is 0 Å². The van der Waals surface area contributed by atoms with Gasteiger partial charge in [0.25, 0.3) is 0 Å². The Kier molecular flexibility index (Phi) is 5.63. The zero-order chi connectivity index (χ0) is 23.7. The molecule has 0 radical (unpaired) electrons. The molecule has 1 aliphatic rings. The molecule has 1 aromatic heterocycles. The maximum absolute atomic E-state index is 13.1. The summed E-state index contributed by atoms with van der Waals surface area (Å²) in [6.07, 6.45) is 1.91. The van der Waals surface area contributed by atoms with Gasteiger partial charge < -0.3 is 19.8 Å². The number of nitrogens with two attached hydrogens (primary N) is 1. The number of rotatable bonds is 4. The lowest BCUT2D eigenvalue weighted by Gasteiger charge is -2.35. The van der Waals surface area contributed by atoms with Crippen LogP contribution in [0.4, 0.5) is 5.69 Å². The quantitative estimate of drug-likeness (QED) is 0.618. The Bertz CT molecular complexity index is 1360. The minimum atomic E-state index is -0.896. The summed E-state index contributed by atoms with van der Waals surface area (Å²) in [7, 11) is 4.34. The van der Waals surface area contributed by atoms with Crippen LogP contribution >= 0.6 is 0 Å². The molecule has 2 aromatic carbocycles. The second-order valence-corrected chi connectivity index (χ2v) is 7.51. The van der Waals surface area contributed by atoms with Gasteiger partial charge in [-0.25, -0.2) is 9.59 Å². The highest BCUT2D eigenvalue weighted by molar-refractivity contribution is 6.06. The molecule has 3 aromatic rings. The zero-order valence-electron chi connectivity index (χ0n) is 18.4. The molecule has 0 spiro atoms. The number of carbonyl (C=O) groups is 2. The van der Waals surface area contributed by atoms with Gasteiger partial charge in [-0.2, -0.15) is 5.26 Å². The van der Waals surface area contributed by atoms with Gasteiger partial charge in [-0.05, 0) is 29.1 Å². The smallest absolute Gasteiger partial charge is 0.355 e. The van der Waals surface area contributed by atoms with Crippen LogP contribution in [0.5, 0.6) is 0 Å². The topological polar surface area (TPSA) is 111 Å². The van der Waals surface area contributed by atoms with Crippen molar-refractivity contribution in [1.29, 1.82) is 5.26 Å². The van der Waals surface area contributed by atoms with Crippen LogP contribution in [0.15, 0.2) is 83.5 Å². The number of hydrogen-bond acceptors (Lipinski definition) is 7. The molecule has 33 heavy (non-hydrogen) atoms. The van der Waals surface area contributed by atoms with Crippen LogP contribution in [0.25, 0.3) is 10.9 Å². The first kappa shape index (κ1) is 21.7. The number of hydrogen-bond donors (Lipinski definition) is 1. The lowest BCUT2D eigenvalue weighted by Crippen LogP contribution is -2.40. The molecule has 166 valence electrons. The number of ether oxygens (including phenoxy) is 2. The number of methoxy groups -OCH3 is 2. The molecule has 0 aliphatic carbocycles. The van der Waals surface area contributed by atoms with Crippen molar-refractivity contribution in [3.8, 4) is 6.07 Å². The van der Waals surface area contributed by atoms with Crippen LogP contribution in [0.3, 0.4) is 0 Å². The molecule has 8 nitrogen and oxygen atoms in total. The molecule has 1 atom stereocenters. The van der Waals surface area contributed by atoms with Crippen molar-refractivity contribution < 1.29 is 19.1 Å². The number of benzene rings is 2. The third-order valence-electron chi connectivity index (χ3n) is 5.74. The lowest BCUT2D eigenvalue weighted by molar-refractivity contribution is -0.139. The maximum atomic E-state index is 13.1. The second-order valence-electron chi connectivity index (χ2n) is 7.51. The van der Waals surface area contributed by atoms with E-state index in [4.69, 9.17) is 15.2 Å². The summed E-state index contributed by atoms with van der Waals surface area (Å²) in [5.41, 5.74) is 8.54. The van der Waals surface area contributed by atoms with Gasteiger partial charge in [0.05, 0.1) is 37.4 Å². The first-order chi connectivity index (χ1) is 15.9. The van der Waals surface area contributed by atoms with Crippen molar-refractivity contribution >= 4 is 28.5 Å². The van der Waals surface area contributed by atoms with Crippen LogP contribution in [-0.2, 0) is 26.1 Å². The minimum Gasteiger partial charge on any atom is -0.466 e. The molecule has 2 N–H and O–H groups in total. The molecular formula is C25H22N4O4. The van der Waals surface area contributed by atoms with Gasteiger partial charge in [0, 0.05) is 24.4 Å². The summed E-state index contributed by atoms with van der Waals surface area (Å²) in [4.78, 5) is 27.5. The Hall–Kier alpha value is -4.51. The molecule has 0 amide bonds. The number of fused-ring (bicyclic) bond motifs is 1. The third-order valence-corrected chi connectivity index (χ3v) is 5.74. The van der Waals surface area contributed by atoms with Gasteiger partial charge in [-0.1, -0.05) is 36.4 Å². The number of aryl methyl sites for hydroxylation is 1. The fourth-order valence-electron chi connectivity index (χ4n) is 4.17. The molecule has 1 aliphatic heterocycles. The van der Waals surface area contributed by atoms with Crippen molar-refractivity contribution in [2.45, 2.75) is 5.92 Å². The largest absolute Gasteiger partial charge is 0.466 e. The van der Waals surface area contributed by atoms with E-state index in [0.717, 1.165) is 10.9 Å². The number of esters is 2. The normalized spacial score (nSPS) is 16.1. The molecule has 0 bridgehead atoms. The highest BCUT2D eigenvalue weighted by Crippen LogP contribution is 2.43. The van der Waals surface area contributed by atoms with Gasteiger partial charge in [-0.3, -0.25) is 4.90 Å². The van der Waals surface area contributed by atoms with Crippen molar-refractivity contribution in [3.05, 3.63) is 89.0 Å². The Morgan fingerprint density at radius 3 is 2.36 bits per heavy atom. The zero-order valence-corrected chi connectivity index (χ0v) is 18.4. The van der Waals surface area contributed by atoms with E-state index in [1.165, 1.54) is 19.1 Å². The van der Waals surface area contributed by atoms with Crippen molar-refractivity contribution in [2.75, 3.05) is 19.1 Å². The third kappa shape index (κ3) is 3.49. The Morgan fingerprint density at radius 2 is 1.73 bits per heavy atom. The summed E-state index contributed by atoms with van der Waals surface area (Å²) in [6, 6.07) is 18.5. The number of nitrogens with zero attached hydrogens (tertiary/aromatic N) is 3. The highest BCUT2D eigenvalue weighted by Gasteiger charge is 2.43. The van der Waals surface area contributed by atoms with Gasteiger partial charge in [0.1, 0.15) is 11.5 Å². The van der Waals surface area contributed by atoms with Gasteiger partial charge >= 0.3 is 11.9 Å². The Balaban J connectivity index is 2.07. The lowest BCUT2D eigenvalue weighted by atomic mass is 9.81. The number of aromatic nitrogens is 1. The second kappa shape index (κ2) is 8.55. The molecular weight excluding hydrogens is 420 g/mol. The van der Waals surface area contributed by atoms with E-state index in [1.54, 1.807) is 30.3 Å². The van der Waals surface area contributed by atoms with E-state index in [0.29, 0.717) is 11.3 Å². The van der Waals surface area contributed by atoms with E-state index in [2.05, 4.69) is 6.07 Å². The monoisotopic (exact) mass is 442 g/mol. The van der Waals surface area contributed by atoms with Crippen LogP contribution in [0, 0.1) is 11.3 Å². The predicted octanol–water partition coefficient (Wildman–Crippen LogP) is 3.08. The average molecular weight is 442 g/mol. The highest BCUT2D eigenvalue weighted by atomic mass is 16.5. The molecule has 0 saturated heterocycles. The van der Waals surface area contributed by atoms with E-state index >= 15 is 0 Å². The first-order valence-corrected chi connectivity index (χ1v) is 10.1. The van der Waals surface area contributed by atoms with E-state index < -0.39 is 17.9 Å². The predicted molar refractivity (Wildman–Crippen MR) is 122 cm³/mol. The fourth-order valence-corrected chi connectivity index (χ4v) is 4.17. The van der Waals surface area contributed by atoms with E-state index in [9.17, 15) is 14.9 Å². The molecule has 0 fully saturated rings. The van der Waals surface area contributed by atoms with Crippen LogP contribution < -0.4 is 10.6 Å². The van der Waals surface area contributed by atoms with Crippen LogP contribution in [0.2, 0.25) is 0 Å². The van der Waals surface area contributed by atoms with Gasteiger partial charge in [0.2, 0.25) is 0 Å². The molecule has 2 heterocycles. The van der Waals surface area contributed by atoms with Crippen LogP contribution in [-0.4, -0.2) is 30.7 Å². The molecule has 0 saturated carbocycles. The van der Waals surface area contributed by atoms with Crippen molar-refractivity contribution in [1.82, 2.24) is 4.57 Å². The summed E-state index contributed by atoms with van der Waals surface area (Å²) in [6.45, 7) is 0. The van der Waals surface area contributed by atoms with Gasteiger partial charge in [-0.15, -0.1) is 0 Å². The standard InChI is InChI=1S/C25H22N4O4/c1-28-12-11-15-9-10-17(13-19(15)28)29-22(25(31)33-3)21(24(30)32-2)20(18(14-26)23(29)27)16-7-5-4-6-8-16/h4-13,20H,27H2,1-3H3. The molecule has 1 unspecified atom stereocenters. The summed E-state index contributed by atoms with van der Waals surface area (Å²) < 4.78 is 12.0. The minimum absolute atomic E-state index is 0.0201. The number of carbonyl (C=O) groups excluding carboxylic acids is 2. The fraction of sp³-hybridized carbons (Fsp3) is 0.160. The Labute approximate surface area is 190 Å². The van der Waals surface area contributed by atoms with Crippen molar-refractivity contribution in [2.24, 2.45) is 12.8 Å². The number of nitriles is 1. The first-order valence-electron chi connectivity index (χ1n) is 10.1. The summed E-state index contributed by atoms with van der Waals surface area (Å²) in [5, 5.41) is 11.1. The average Bonchev–Trinajstić information content (AvgIpc) is 3.22. The number of allylic oxidation sites excluding steroid dienone is 1. The maximum Gasteiger partial charge on any atom is 0.355 e. The SMILES string of the molecule is COC(=O)C1=C(C(=O)OC)N(c2ccc3ccn(C)c3c2)C(N)=C(C#N)C1c1ccccc1. The van der Waals surface area contributed by atoms with Crippen LogP contribution in [0.1, 0.15) is 11.5 Å².